The molecule has 0 radical (unpaired) electrons. The highest BCUT2D eigenvalue weighted by molar-refractivity contribution is 7.98. The SMILES string of the molecule is Cn1c(CSc2ccc(Cl)cc2)nc2ccc(Cl)cc21. The van der Waals surface area contributed by atoms with E-state index in [0.29, 0.717) is 0 Å². The summed E-state index contributed by atoms with van der Waals surface area (Å²) in [5.41, 5.74) is 2.04. The second kappa shape index (κ2) is 5.68. The molecule has 0 atom stereocenters. The van der Waals surface area contributed by atoms with Gasteiger partial charge in [0, 0.05) is 22.0 Å². The van der Waals surface area contributed by atoms with Gasteiger partial charge >= 0.3 is 0 Å². The molecule has 0 fully saturated rings. The fraction of sp³-hybridized carbons (Fsp3) is 0.133. The molecule has 5 heteroatoms. The second-order valence-corrected chi connectivity index (χ2v) is 6.38. The average molecular weight is 323 g/mol. The maximum Gasteiger partial charge on any atom is 0.120 e. The molecule has 102 valence electrons. The molecule has 2 nitrogen and oxygen atoms in total. The molecule has 0 spiro atoms. The van der Waals surface area contributed by atoms with Crippen molar-refractivity contribution in [3.63, 3.8) is 0 Å². The molecule has 0 aliphatic carbocycles. The second-order valence-electron chi connectivity index (χ2n) is 4.46. The molecular weight excluding hydrogens is 311 g/mol. The number of benzene rings is 2. The van der Waals surface area contributed by atoms with Crippen LogP contribution in [0.3, 0.4) is 0 Å². The highest BCUT2D eigenvalue weighted by Gasteiger charge is 2.08. The third kappa shape index (κ3) is 2.80. The Kier molecular flexibility index (Phi) is 3.92. The molecule has 3 aromatic rings. The summed E-state index contributed by atoms with van der Waals surface area (Å²) >= 11 is 13.7. The first-order valence-electron chi connectivity index (χ1n) is 6.13. The Morgan fingerprint density at radius 3 is 2.50 bits per heavy atom. The molecule has 2 aromatic carbocycles. The minimum Gasteiger partial charge on any atom is -0.330 e. The molecule has 0 aliphatic heterocycles. The minimum absolute atomic E-state index is 0.734. The first-order chi connectivity index (χ1) is 9.63. The van der Waals surface area contributed by atoms with Crippen LogP contribution in [0.4, 0.5) is 0 Å². The third-order valence-electron chi connectivity index (χ3n) is 3.12. The molecule has 0 N–H and O–H groups in total. The predicted molar refractivity (Wildman–Crippen MR) is 86.7 cm³/mol. The largest absolute Gasteiger partial charge is 0.330 e. The van der Waals surface area contributed by atoms with Gasteiger partial charge in [0.2, 0.25) is 0 Å². The zero-order valence-corrected chi connectivity index (χ0v) is 13.1. The van der Waals surface area contributed by atoms with Crippen LogP contribution in [0.2, 0.25) is 10.0 Å². The predicted octanol–water partition coefficient (Wildman–Crippen LogP) is 5.17. The summed E-state index contributed by atoms with van der Waals surface area (Å²) in [6.07, 6.45) is 0. The van der Waals surface area contributed by atoms with Gasteiger partial charge in [-0.15, -0.1) is 11.8 Å². The van der Waals surface area contributed by atoms with Gasteiger partial charge in [0.15, 0.2) is 0 Å². The van der Waals surface area contributed by atoms with Crippen LogP contribution in [0.15, 0.2) is 47.4 Å². The Bertz CT molecular complexity index is 750. The number of nitrogens with zero attached hydrogens (tertiary/aromatic N) is 2. The van der Waals surface area contributed by atoms with Gasteiger partial charge in [-0.05, 0) is 42.5 Å². The van der Waals surface area contributed by atoms with E-state index in [0.717, 1.165) is 32.7 Å². The number of hydrogen-bond donors (Lipinski definition) is 0. The van der Waals surface area contributed by atoms with E-state index < -0.39 is 0 Å². The van der Waals surface area contributed by atoms with Crippen LogP contribution in [0, 0.1) is 0 Å². The van der Waals surface area contributed by atoms with Crippen LogP contribution in [0.1, 0.15) is 5.82 Å². The molecule has 1 heterocycles. The standard InChI is InChI=1S/C15H12Cl2N2S/c1-19-14-8-11(17)4-7-13(14)18-15(19)9-20-12-5-2-10(16)3-6-12/h2-8H,9H2,1H3. The smallest absolute Gasteiger partial charge is 0.120 e. The molecule has 3 rings (SSSR count). The first-order valence-corrected chi connectivity index (χ1v) is 7.87. The monoisotopic (exact) mass is 322 g/mol. The zero-order chi connectivity index (χ0) is 14.1. The van der Waals surface area contributed by atoms with Crippen LogP contribution >= 0.6 is 35.0 Å². The summed E-state index contributed by atoms with van der Waals surface area (Å²) in [5.74, 6) is 1.84. The molecule has 0 unspecified atom stereocenters. The lowest BCUT2D eigenvalue weighted by molar-refractivity contribution is 0.876. The van der Waals surface area contributed by atoms with Crippen molar-refractivity contribution in [3.8, 4) is 0 Å². The Labute approximate surface area is 131 Å². The number of rotatable bonds is 3. The molecule has 0 bridgehead atoms. The first kappa shape index (κ1) is 13.8. The Morgan fingerprint density at radius 2 is 1.75 bits per heavy atom. The van der Waals surface area contributed by atoms with Gasteiger partial charge in [-0.2, -0.15) is 0 Å². The van der Waals surface area contributed by atoms with Gasteiger partial charge in [0.25, 0.3) is 0 Å². The van der Waals surface area contributed by atoms with Crippen molar-refractivity contribution in [3.05, 3.63) is 58.3 Å². The number of aromatic nitrogens is 2. The minimum atomic E-state index is 0.734. The Morgan fingerprint density at radius 1 is 1.05 bits per heavy atom. The number of thioether (sulfide) groups is 1. The van der Waals surface area contributed by atoms with Crippen molar-refractivity contribution in [2.45, 2.75) is 10.6 Å². The zero-order valence-electron chi connectivity index (χ0n) is 10.8. The van der Waals surface area contributed by atoms with Crippen molar-refractivity contribution < 1.29 is 0 Å². The van der Waals surface area contributed by atoms with E-state index in [2.05, 4.69) is 9.55 Å². The number of fused-ring (bicyclic) bond motifs is 1. The van der Waals surface area contributed by atoms with Gasteiger partial charge in [-0.3, -0.25) is 0 Å². The summed E-state index contributed by atoms with van der Waals surface area (Å²) in [7, 11) is 2.02. The summed E-state index contributed by atoms with van der Waals surface area (Å²) < 4.78 is 2.09. The molecule has 0 saturated heterocycles. The quantitative estimate of drug-likeness (QED) is 0.619. The normalized spacial score (nSPS) is 11.2. The maximum atomic E-state index is 6.03. The van der Waals surface area contributed by atoms with E-state index in [1.165, 1.54) is 4.90 Å². The average Bonchev–Trinajstić information content (AvgIpc) is 2.75. The van der Waals surface area contributed by atoms with Gasteiger partial charge in [0.05, 0.1) is 16.8 Å². The van der Waals surface area contributed by atoms with E-state index in [1.54, 1.807) is 11.8 Å². The van der Waals surface area contributed by atoms with Crippen molar-refractivity contribution in [2.75, 3.05) is 0 Å². The lowest BCUT2D eigenvalue weighted by Gasteiger charge is -2.03. The highest BCUT2D eigenvalue weighted by atomic mass is 35.5. The Hall–Kier alpha value is -1.16. The molecule has 1 aromatic heterocycles. The van der Waals surface area contributed by atoms with Crippen molar-refractivity contribution in [1.82, 2.24) is 9.55 Å². The van der Waals surface area contributed by atoms with Gasteiger partial charge < -0.3 is 4.57 Å². The topological polar surface area (TPSA) is 17.8 Å². The van der Waals surface area contributed by atoms with E-state index in [9.17, 15) is 0 Å². The molecule has 0 saturated carbocycles. The van der Waals surface area contributed by atoms with E-state index in [4.69, 9.17) is 23.2 Å². The third-order valence-corrected chi connectivity index (χ3v) is 4.61. The van der Waals surface area contributed by atoms with Crippen LogP contribution < -0.4 is 0 Å². The Balaban J connectivity index is 1.84. The van der Waals surface area contributed by atoms with Crippen LogP contribution in [-0.2, 0) is 12.8 Å². The lowest BCUT2D eigenvalue weighted by atomic mass is 10.3. The van der Waals surface area contributed by atoms with E-state index in [-0.39, 0.29) is 0 Å². The summed E-state index contributed by atoms with van der Waals surface area (Å²) in [6, 6.07) is 13.6. The van der Waals surface area contributed by atoms with Crippen molar-refractivity contribution >= 4 is 46.0 Å². The highest BCUT2D eigenvalue weighted by Crippen LogP contribution is 2.26. The van der Waals surface area contributed by atoms with Crippen LogP contribution in [-0.4, -0.2) is 9.55 Å². The van der Waals surface area contributed by atoms with E-state index in [1.807, 2.05) is 49.5 Å². The summed E-state index contributed by atoms with van der Waals surface area (Å²) in [6.45, 7) is 0. The fourth-order valence-electron chi connectivity index (χ4n) is 2.02. The lowest BCUT2D eigenvalue weighted by Crippen LogP contribution is -1.95. The molecule has 0 aliphatic rings. The summed E-state index contributed by atoms with van der Waals surface area (Å²) in [5, 5.41) is 1.49. The number of halogens is 2. The van der Waals surface area contributed by atoms with Crippen molar-refractivity contribution in [2.24, 2.45) is 7.05 Å². The maximum absolute atomic E-state index is 6.03. The number of hydrogen-bond acceptors (Lipinski definition) is 2. The van der Waals surface area contributed by atoms with Gasteiger partial charge in [0.1, 0.15) is 5.82 Å². The van der Waals surface area contributed by atoms with Crippen LogP contribution in [0.25, 0.3) is 11.0 Å². The number of imidazole rings is 1. The molecule has 20 heavy (non-hydrogen) atoms. The molecular formula is C15H12Cl2N2S. The fourth-order valence-corrected chi connectivity index (χ4v) is 3.20. The number of aryl methyl sites for hydroxylation is 1. The van der Waals surface area contributed by atoms with Gasteiger partial charge in [-0.1, -0.05) is 23.2 Å². The van der Waals surface area contributed by atoms with E-state index >= 15 is 0 Å². The summed E-state index contributed by atoms with van der Waals surface area (Å²) in [4.78, 5) is 5.82. The molecule has 0 amide bonds. The van der Waals surface area contributed by atoms with Crippen LogP contribution in [0.5, 0.6) is 0 Å². The van der Waals surface area contributed by atoms with Gasteiger partial charge in [-0.25, -0.2) is 4.98 Å². The van der Waals surface area contributed by atoms with Crippen molar-refractivity contribution in [1.29, 1.82) is 0 Å².